The van der Waals surface area contributed by atoms with E-state index in [-0.39, 0.29) is 12.3 Å². The Morgan fingerprint density at radius 2 is 2.57 bits per heavy atom. The first kappa shape index (κ1) is 9.24. The summed E-state index contributed by atoms with van der Waals surface area (Å²) in [6, 6.07) is 0. The van der Waals surface area contributed by atoms with Gasteiger partial charge in [-0.15, -0.1) is 0 Å². The molecular formula is C10H14N2O2. The molecule has 1 heterocycles. The maximum absolute atomic E-state index is 10.7. The molecule has 14 heavy (non-hydrogen) atoms. The van der Waals surface area contributed by atoms with Crippen LogP contribution in [0.2, 0.25) is 0 Å². The molecule has 0 saturated carbocycles. The molecule has 0 spiro atoms. The van der Waals surface area contributed by atoms with E-state index in [2.05, 4.69) is 5.10 Å². The average molecular weight is 194 g/mol. The molecule has 1 atom stereocenters. The van der Waals surface area contributed by atoms with Crippen LogP contribution in [0.3, 0.4) is 0 Å². The number of aryl methyl sites for hydroxylation is 2. The second kappa shape index (κ2) is 3.44. The molecule has 1 aliphatic carbocycles. The van der Waals surface area contributed by atoms with Crippen LogP contribution in [0, 0.1) is 0 Å². The zero-order chi connectivity index (χ0) is 10.1. The first-order chi connectivity index (χ1) is 6.66. The molecule has 76 valence electrons. The van der Waals surface area contributed by atoms with Gasteiger partial charge in [-0.25, -0.2) is 0 Å². The predicted molar refractivity (Wildman–Crippen MR) is 51.1 cm³/mol. The number of carbonyl (C=O) groups is 1. The summed E-state index contributed by atoms with van der Waals surface area (Å²) in [4.78, 5) is 10.7. The summed E-state index contributed by atoms with van der Waals surface area (Å²) >= 11 is 0. The minimum Gasteiger partial charge on any atom is -0.481 e. The summed E-state index contributed by atoms with van der Waals surface area (Å²) < 4.78 is 1.78. The lowest BCUT2D eigenvalue weighted by atomic mass is 9.85. The van der Waals surface area contributed by atoms with Crippen molar-refractivity contribution in [2.24, 2.45) is 7.05 Å². The van der Waals surface area contributed by atoms with Crippen molar-refractivity contribution in [3.05, 3.63) is 17.5 Å². The van der Waals surface area contributed by atoms with Crippen molar-refractivity contribution >= 4 is 5.97 Å². The van der Waals surface area contributed by atoms with Gasteiger partial charge in [0.15, 0.2) is 0 Å². The molecule has 0 amide bonds. The Morgan fingerprint density at radius 1 is 1.79 bits per heavy atom. The molecule has 0 fully saturated rings. The number of fused-ring (bicyclic) bond motifs is 1. The number of rotatable bonds is 2. The van der Waals surface area contributed by atoms with E-state index in [4.69, 9.17) is 5.11 Å². The van der Waals surface area contributed by atoms with Crippen LogP contribution in [0.25, 0.3) is 0 Å². The van der Waals surface area contributed by atoms with Crippen LogP contribution < -0.4 is 0 Å². The van der Waals surface area contributed by atoms with Crippen molar-refractivity contribution < 1.29 is 9.90 Å². The second-order valence-electron chi connectivity index (χ2n) is 3.89. The Morgan fingerprint density at radius 3 is 3.29 bits per heavy atom. The van der Waals surface area contributed by atoms with E-state index in [1.54, 1.807) is 4.68 Å². The SMILES string of the molecule is Cn1cc2c(n1)CCCC2CC(=O)O. The molecular weight excluding hydrogens is 180 g/mol. The predicted octanol–water partition coefficient (Wildman–Crippen LogP) is 1.31. The molecule has 1 aliphatic rings. The molecule has 0 saturated heterocycles. The summed E-state index contributed by atoms with van der Waals surface area (Å²) in [5, 5.41) is 13.1. The van der Waals surface area contributed by atoms with Crippen molar-refractivity contribution in [1.82, 2.24) is 9.78 Å². The molecule has 2 rings (SSSR count). The number of hydrogen-bond donors (Lipinski definition) is 1. The fraction of sp³-hybridized carbons (Fsp3) is 0.600. The molecule has 4 heteroatoms. The van der Waals surface area contributed by atoms with Gasteiger partial charge >= 0.3 is 5.97 Å². The third kappa shape index (κ3) is 1.64. The third-order valence-corrected chi connectivity index (χ3v) is 2.76. The van der Waals surface area contributed by atoms with E-state index in [9.17, 15) is 4.79 Å². The lowest BCUT2D eigenvalue weighted by Gasteiger charge is -2.19. The first-order valence-corrected chi connectivity index (χ1v) is 4.91. The van der Waals surface area contributed by atoms with E-state index in [1.165, 1.54) is 0 Å². The number of aromatic nitrogens is 2. The number of hydrogen-bond acceptors (Lipinski definition) is 2. The number of nitrogens with zero attached hydrogens (tertiary/aromatic N) is 2. The highest BCUT2D eigenvalue weighted by Crippen LogP contribution is 2.32. The highest BCUT2D eigenvalue weighted by molar-refractivity contribution is 5.68. The Labute approximate surface area is 82.5 Å². The summed E-state index contributed by atoms with van der Waals surface area (Å²) in [6.07, 6.45) is 5.22. The van der Waals surface area contributed by atoms with E-state index in [0.717, 1.165) is 30.5 Å². The van der Waals surface area contributed by atoms with Crippen molar-refractivity contribution in [3.8, 4) is 0 Å². The molecule has 0 aromatic carbocycles. The van der Waals surface area contributed by atoms with Gasteiger partial charge in [-0.2, -0.15) is 5.10 Å². The summed E-state index contributed by atoms with van der Waals surface area (Å²) in [7, 11) is 1.89. The second-order valence-corrected chi connectivity index (χ2v) is 3.89. The summed E-state index contributed by atoms with van der Waals surface area (Å²) in [5.74, 6) is -0.545. The largest absolute Gasteiger partial charge is 0.481 e. The molecule has 1 aromatic heterocycles. The first-order valence-electron chi connectivity index (χ1n) is 4.91. The Kier molecular flexibility index (Phi) is 2.27. The van der Waals surface area contributed by atoms with Gasteiger partial charge in [0.2, 0.25) is 0 Å². The molecule has 1 unspecified atom stereocenters. The van der Waals surface area contributed by atoms with Crippen LogP contribution in [-0.4, -0.2) is 20.9 Å². The summed E-state index contributed by atoms with van der Waals surface area (Å²) in [5.41, 5.74) is 2.23. The normalized spacial score (nSPS) is 20.5. The van der Waals surface area contributed by atoms with E-state index in [0.29, 0.717) is 0 Å². The molecule has 0 radical (unpaired) electrons. The van der Waals surface area contributed by atoms with Gasteiger partial charge < -0.3 is 5.11 Å². The lowest BCUT2D eigenvalue weighted by Crippen LogP contribution is -2.12. The monoisotopic (exact) mass is 194 g/mol. The quantitative estimate of drug-likeness (QED) is 0.772. The molecule has 0 bridgehead atoms. The molecule has 0 aliphatic heterocycles. The standard InChI is InChI=1S/C10H14N2O2/c1-12-6-8-7(5-10(13)14)3-2-4-9(8)11-12/h6-7H,2-5H2,1H3,(H,13,14). The Bertz CT molecular complexity index is 357. The Hall–Kier alpha value is -1.32. The Balaban J connectivity index is 2.25. The topological polar surface area (TPSA) is 55.1 Å². The minimum atomic E-state index is -0.716. The molecule has 1 N–H and O–H groups in total. The minimum absolute atomic E-state index is 0.171. The zero-order valence-electron chi connectivity index (χ0n) is 8.23. The van der Waals surface area contributed by atoms with Crippen LogP contribution in [0.15, 0.2) is 6.20 Å². The lowest BCUT2D eigenvalue weighted by molar-refractivity contribution is -0.137. The van der Waals surface area contributed by atoms with Gasteiger partial charge in [0.05, 0.1) is 12.1 Å². The van der Waals surface area contributed by atoms with Crippen LogP contribution >= 0.6 is 0 Å². The maximum Gasteiger partial charge on any atom is 0.303 e. The van der Waals surface area contributed by atoms with E-state index < -0.39 is 5.97 Å². The van der Waals surface area contributed by atoms with Crippen LogP contribution in [0.4, 0.5) is 0 Å². The van der Waals surface area contributed by atoms with Crippen molar-refractivity contribution in [2.75, 3.05) is 0 Å². The van der Waals surface area contributed by atoms with Gasteiger partial charge in [-0.1, -0.05) is 0 Å². The number of carboxylic acid groups (broad SMARTS) is 1. The van der Waals surface area contributed by atoms with Crippen LogP contribution in [0.1, 0.15) is 36.4 Å². The van der Waals surface area contributed by atoms with Crippen LogP contribution in [-0.2, 0) is 18.3 Å². The fourth-order valence-corrected chi connectivity index (χ4v) is 2.18. The maximum atomic E-state index is 10.7. The van der Waals surface area contributed by atoms with Gasteiger partial charge in [0.1, 0.15) is 0 Å². The summed E-state index contributed by atoms with van der Waals surface area (Å²) in [6.45, 7) is 0. The van der Waals surface area contributed by atoms with Crippen molar-refractivity contribution in [3.63, 3.8) is 0 Å². The molecule has 1 aromatic rings. The van der Waals surface area contributed by atoms with Crippen molar-refractivity contribution in [2.45, 2.75) is 31.6 Å². The van der Waals surface area contributed by atoms with E-state index in [1.807, 2.05) is 13.2 Å². The fourth-order valence-electron chi connectivity index (χ4n) is 2.18. The van der Waals surface area contributed by atoms with E-state index >= 15 is 0 Å². The molecule has 4 nitrogen and oxygen atoms in total. The zero-order valence-corrected chi connectivity index (χ0v) is 8.23. The third-order valence-electron chi connectivity index (χ3n) is 2.76. The van der Waals surface area contributed by atoms with Gasteiger partial charge in [0.25, 0.3) is 0 Å². The van der Waals surface area contributed by atoms with Crippen LogP contribution in [0.5, 0.6) is 0 Å². The highest BCUT2D eigenvalue weighted by atomic mass is 16.4. The van der Waals surface area contributed by atoms with Gasteiger partial charge in [-0.05, 0) is 30.7 Å². The smallest absolute Gasteiger partial charge is 0.303 e. The number of carboxylic acids is 1. The van der Waals surface area contributed by atoms with Crippen molar-refractivity contribution in [1.29, 1.82) is 0 Å². The highest BCUT2D eigenvalue weighted by Gasteiger charge is 2.24. The number of aliphatic carboxylic acids is 1. The average Bonchev–Trinajstić information content (AvgIpc) is 2.45. The van der Waals surface area contributed by atoms with Gasteiger partial charge in [0, 0.05) is 13.2 Å². The van der Waals surface area contributed by atoms with Gasteiger partial charge in [-0.3, -0.25) is 9.48 Å².